The fourth-order valence-electron chi connectivity index (χ4n) is 2.57. The van der Waals surface area contributed by atoms with Crippen molar-refractivity contribution in [2.75, 3.05) is 19.6 Å². The summed E-state index contributed by atoms with van der Waals surface area (Å²) >= 11 is 1.81. The molecule has 0 atom stereocenters. The number of rotatable bonds is 7. The number of hydrogen-bond acceptors (Lipinski definition) is 3. The maximum Gasteiger partial charge on any atom is 0.236 e. The van der Waals surface area contributed by atoms with Gasteiger partial charge >= 0.3 is 0 Å². The molecule has 1 aliphatic rings. The van der Waals surface area contributed by atoms with E-state index in [0.717, 1.165) is 32.0 Å². The Kier molecular flexibility index (Phi) is 6.05. The molecule has 0 fully saturated rings. The van der Waals surface area contributed by atoms with Gasteiger partial charge in [-0.2, -0.15) is 0 Å². The van der Waals surface area contributed by atoms with Gasteiger partial charge in [-0.15, -0.1) is 11.3 Å². The number of carbonyl (C=O) groups excluding carboxylic acids is 1. The Labute approximate surface area is 126 Å². The van der Waals surface area contributed by atoms with E-state index >= 15 is 0 Å². The molecule has 1 amide bonds. The second-order valence-electron chi connectivity index (χ2n) is 6.00. The van der Waals surface area contributed by atoms with Gasteiger partial charge in [0.15, 0.2) is 0 Å². The number of thiophene rings is 1. The molecule has 1 N–H and O–H groups in total. The van der Waals surface area contributed by atoms with Crippen molar-refractivity contribution in [3.8, 4) is 0 Å². The predicted molar refractivity (Wildman–Crippen MR) is 85.0 cm³/mol. The van der Waals surface area contributed by atoms with Gasteiger partial charge in [0.05, 0.1) is 6.54 Å². The Hall–Kier alpha value is -0.870. The SMILES string of the molecule is CC(C)CCCCNCC(=O)N1CCc2sccc2C1. The lowest BCUT2D eigenvalue weighted by atomic mass is 10.1. The van der Waals surface area contributed by atoms with Gasteiger partial charge in [-0.1, -0.05) is 26.7 Å². The largest absolute Gasteiger partial charge is 0.337 e. The molecule has 0 saturated heterocycles. The summed E-state index contributed by atoms with van der Waals surface area (Å²) < 4.78 is 0. The first-order valence-electron chi connectivity index (χ1n) is 7.70. The van der Waals surface area contributed by atoms with Crippen LogP contribution in [-0.4, -0.2) is 30.4 Å². The van der Waals surface area contributed by atoms with E-state index in [-0.39, 0.29) is 5.91 Å². The highest BCUT2D eigenvalue weighted by Crippen LogP contribution is 2.23. The summed E-state index contributed by atoms with van der Waals surface area (Å²) in [6.45, 7) is 7.63. The third-order valence-corrected chi connectivity index (χ3v) is 4.84. The molecule has 1 aromatic heterocycles. The molecule has 0 radical (unpaired) electrons. The van der Waals surface area contributed by atoms with Crippen LogP contribution in [-0.2, 0) is 17.8 Å². The number of hydrogen-bond donors (Lipinski definition) is 1. The Balaban J connectivity index is 1.61. The molecule has 0 saturated carbocycles. The summed E-state index contributed by atoms with van der Waals surface area (Å²) in [6.07, 6.45) is 4.72. The molecular weight excluding hydrogens is 268 g/mol. The average Bonchev–Trinajstić information content (AvgIpc) is 2.89. The highest BCUT2D eigenvalue weighted by Gasteiger charge is 2.20. The molecule has 0 spiro atoms. The van der Waals surface area contributed by atoms with Crippen LogP contribution < -0.4 is 5.32 Å². The molecule has 4 heteroatoms. The van der Waals surface area contributed by atoms with Crippen molar-refractivity contribution in [1.29, 1.82) is 0 Å². The van der Waals surface area contributed by atoms with Gasteiger partial charge in [0.1, 0.15) is 0 Å². The fourth-order valence-corrected chi connectivity index (χ4v) is 3.46. The molecule has 0 aromatic carbocycles. The van der Waals surface area contributed by atoms with Gasteiger partial charge in [0.25, 0.3) is 0 Å². The number of fused-ring (bicyclic) bond motifs is 1. The van der Waals surface area contributed by atoms with E-state index in [1.54, 1.807) is 0 Å². The molecule has 112 valence electrons. The van der Waals surface area contributed by atoms with E-state index in [1.165, 1.54) is 29.7 Å². The van der Waals surface area contributed by atoms with Crippen molar-refractivity contribution in [3.63, 3.8) is 0 Å². The van der Waals surface area contributed by atoms with Gasteiger partial charge in [-0.3, -0.25) is 4.79 Å². The van der Waals surface area contributed by atoms with Crippen LogP contribution in [0.1, 0.15) is 43.6 Å². The monoisotopic (exact) mass is 294 g/mol. The van der Waals surface area contributed by atoms with Crippen LogP contribution in [0, 0.1) is 5.92 Å². The number of amides is 1. The maximum absolute atomic E-state index is 12.1. The van der Waals surface area contributed by atoms with Crippen LogP contribution in [0.3, 0.4) is 0 Å². The van der Waals surface area contributed by atoms with Gasteiger partial charge in [-0.25, -0.2) is 0 Å². The lowest BCUT2D eigenvalue weighted by molar-refractivity contribution is -0.131. The third-order valence-electron chi connectivity index (χ3n) is 3.82. The second kappa shape index (κ2) is 7.79. The van der Waals surface area contributed by atoms with E-state index < -0.39 is 0 Å². The van der Waals surface area contributed by atoms with Crippen LogP contribution in [0.4, 0.5) is 0 Å². The quantitative estimate of drug-likeness (QED) is 0.784. The summed E-state index contributed by atoms with van der Waals surface area (Å²) in [4.78, 5) is 15.6. The highest BCUT2D eigenvalue weighted by molar-refractivity contribution is 7.10. The summed E-state index contributed by atoms with van der Waals surface area (Å²) in [5.41, 5.74) is 1.34. The molecule has 20 heavy (non-hydrogen) atoms. The van der Waals surface area contributed by atoms with E-state index in [9.17, 15) is 4.79 Å². The molecule has 1 aliphatic heterocycles. The second-order valence-corrected chi connectivity index (χ2v) is 7.00. The van der Waals surface area contributed by atoms with E-state index in [2.05, 4.69) is 30.6 Å². The Morgan fingerprint density at radius 1 is 1.45 bits per heavy atom. The van der Waals surface area contributed by atoms with Crippen LogP contribution in [0.2, 0.25) is 0 Å². The average molecular weight is 294 g/mol. The van der Waals surface area contributed by atoms with Crippen molar-refractivity contribution in [2.45, 2.75) is 46.1 Å². The summed E-state index contributed by atoms with van der Waals surface area (Å²) in [6, 6.07) is 2.15. The zero-order chi connectivity index (χ0) is 14.4. The summed E-state index contributed by atoms with van der Waals surface area (Å²) in [5.74, 6) is 1.02. The van der Waals surface area contributed by atoms with Gasteiger partial charge in [-0.05, 0) is 42.3 Å². The van der Waals surface area contributed by atoms with Crippen LogP contribution >= 0.6 is 11.3 Å². The molecule has 0 bridgehead atoms. The smallest absolute Gasteiger partial charge is 0.236 e. The van der Waals surface area contributed by atoms with E-state index in [4.69, 9.17) is 0 Å². The van der Waals surface area contributed by atoms with Gasteiger partial charge in [0, 0.05) is 18.0 Å². The van der Waals surface area contributed by atoms with E-state index in [0.29, 0.717) is 6.54 Å². The van der Waals surface area contributed by atoms with Crippen LogP contribution in [0.5, 0.6) is 0 Å². The zero-order valence-corrected chi connectivity index (χ0v) is 13.5. The summed E-state index contributed by atoms with van der Waals surface area (Å²) in [5, 5.41) is 5.42. The van der Waals surface area contributed by atoms with Crippen LogP contribution in [0.15, 0.2) is 11.4 Å². The van der Waals surface area contributed by atoms with E-state index in [1.807, 2.05) is 16.2 Å². The van der Waals surface area contributed by atoms with Crippen molar-refractivity contribution in [3.05, 3.63) is 21.9 Å². The van der Waals surface area contributed by atoms with Crippen LogP contribution in [0.25, 0.3) is 0 Å². The van der Waals surface area contributed by atoms with Gasteiger partial charge in [0.2, 0.25) is 5.91 Å². The molecular formula is C16H26N2OS. The zero-order valence-electron chi connectivity index (χ0n) is 12.7. The van der Waals surface area contributed by atoms with Crippen molar-refractivity contribution in [1.82, 2.24) is 10.2 Å². The molecule has 0 aliphatic carbocycles. The number of carbonyl (C=O) groups is 1. The van der Waals surface area contributed by atoms with Gasteiger partial charge < -0.3 is 10.2 Å². The first kappa shape index (κ1) is 15.5. The molecule has 1 aromatic rings. The Bertz CT molecular complexity index is 428. The number of unbranched alkanes of at least 4 members (excludes halogenated alkanes) is 1. The normalized spacial score (nSPS) is 14.7. The predicted octanol–water partition coefficient (Wildman–Crippen LogP) is 3.05. The minimum atomic E-state index is 0.241. The number of nitrogens with one attached hydrogen (secondary N) is 1. The molecule has 2 heterocycles. The first-order chi connectivity index (χ1) is 9.66. The standard InChI is InChI=1S/C16H26N2OS/c1-13(2)5-3-4-8-17-11-16(19)18-9-6-15-14(12-18)7-10-20-15/h7,10,13,17H,3-6,8-9,11-12H2,1-2H3. The first-order valence-corrected chi connectivity index (χ1v) is 8.58. The maximum atomic E-state index is 12.1. The lowest BCUT2D eigenvalue weighted by Crippen LogP contribution is -2.41. The molecule has 2 rings (SSSR count). The highest BCUT2D eigenvalue weighted by atomic mass is 32.1. The third kappa shape index (κ3) is 4.60. The summed E-state index contributed by atoms with van der Waals surface area (Å²) in [7, 11) is 0. The fraction of sp³-hybridized carbons (Fsp3) is 0.688. The van der Waals surface area contributed by atoms with Crippen molar-refractivity contribution >= 4 is 17.2 Å². The Morgan fingerprint density at radius 3 is 3.10 bits per heavy atom. The topological polar surface area (TPSA) is 32.3 Å². The molecule has 0 unspecified atom stereocenters. The minimum absolute atomic E-state index is 0.241. The Morgan fingerprint density at radius 2 is 2.30 bits per heavy atom. The lowest BCUT2D eigenvalue weighted by Gasteiger charge is -2.27. The van der Waals surface area contributed by atoms with Crippen molar-refractivity contribution < 1.29 is 4.79 Å². The van der Waals surface area contributed by atoms with Crippen molar-refractivity contribution in [2.24, 2.45) is 5.92 Å². The number of nitrogens with zero attached hydrogens (tertiary/aromatic N) is 1. The molecule has 3 nitrogen and oxygen atoms in total. The minimum Gasteiger partial charge on any atom is -0.337 e.